The van der Waals surface area contributed by atoms with E-state index in [2.05, 4.69) is 9.97 Å². The van der Waals surface area contributed by atoms with Crippen molar-refractivity contribution in [2.24, 2.45) is 5.73 Å². The molecule has 5 nitrogen and oxygen atoms in total. The van der Waals surface area contributed by atoms with Gasteiger partial charge < -0.3 is 10.5 Å². The Bertz CT molecular complexity index is 325. The Morgan fingerprint density at radius 2 is 2.38 bits per heavy atom. The third kappa shape index (κ3) is 2.00. The van der Waals surface area contributed by atoms with Crippen LogP contribution in [0.3, 0.4) is 0 Å². The number of ether oxygens (including phenoxy) is 1. The average Bonchev–Trinajstić information content (AvgIpc) is 2.16. The number of nitrogens with zero attached hydrogens (tertiary/aromatic N) is 2. The molecule has 1 rings (SSSR count). The van der Waals surface area contributed by atoms with E-state index in [0.717, 1.165) is 0 Å². The van der Waals surface area contributed by atoms with Crippen LogP contribution in [0.5, 0.6) is 5.88 Å². The number of hydrogen-bond donors (Lipinski definition) is 1. The van der Waals surface area contributed by atoms with Gasteiger partial charge in [0, 0.05) is 0 Å². The predicted octanol–water partition coefficient (Wildman–Crippen LogP) is -0.0650. The molecule has 5 heteroatoms. The smallest absolute Gasteiger partial charge is 0.235 e. The quantitative estimate of drug-likeness (QED) is 0.660. The molecule has 0 aromatic carbocycles. The fourth-order valence-corrected chi connectivity index (χ4v) is 0.910. The van der Waals surface area contributed by atoms with Crippen molar-refractivity contribution in [2.45, 2.75) is 6.92 Å². The summed E-state index contributed by atoms with van der Waals surface area (Å²) in [6.45, 7) is 1.67. The zero-order chi connectivity index (χ0) is 9.84. The molecule has 2 N–H and O–H groups in total. The van der Waals surface area contributed by atoms with Crippen molar-refractivity contribution >= 4 is 5.78 Å². The molecule has 1 heterocycles. The summed E-state index contributed by atoms with van der Waals surface area (Å²) in [6.07, 6.45) is 1.36. The molecule has 13 heavy (non-hydrogen) atoms. The van der Waals surface area contributed by atoms with Gasteiger partial charge in [-0.1, -0.05) is 0 Å². The molecular weight excluding hydrogens is 170 g/mol. The van der Waals surface area contributed by atoms with Crippen molar-refractivity contribution in [1.29, 1.82) is 0 Å². The van der Waals surface area contributed by atoms with E-state index in [0.29, 0.717) is 11.6 Å². The molecule has 0 saturated heterocycles. The van der Waals surface area contributed by atoms with Gasteiger partial charge in [-0.15, -0.1) is 0 Å². The van der Waals surface area contributed by atoms with Crippen LogP contribution in [0, 0.1) is 6.92 Å². The van der Waals surface area contributed by atoms with Gasteiger partial charge >= 0.3 is 0 Å². The number of ketones is 1. The van der Waals surface area contributed by atoms with Gasteiger partial charge in [-0.3, -0.25) is 4.79 Å². The van der Waals surface area contributed by atoms with Crippen LogP contribution in [0.1, 0.15) is 16.2 Å². The van der Waals surface area contributed by atoms with Gasteiger partial charge in [0.15, 0.2) is 5.78 Å². The highest BCUT2D eigenvalue weighted by molar-refractivity contribution is 5.95. The molecule has 0 spiro atoms. The van der Waals surface area contributed by atoms with Gasteiger partial charge in [0.05, 0.1) is 19.9 Å². The van der Waals surface area contributed by atoms with E-state index in [-0.39, 0.29) is 18.0 Å². The fourth-order valence-electron chi connectivity index (χ4n) is 0.910. The highest BCUT2D eigenvalue weighted by Gasteiger charge is 2.08. The number of Topliss-reactive ketones (excluding diaryl/α,β-unsaturated/α-hetero) is 1. The molecule has 0 amide bonds. The first-order valence-electron chi connectivity index (χ1n) is 3.80. The second-order valence-electron chi connectivity index (χ2n) is 2.48. The highest BCUT2D eigenvalue weighted by Crippen LogP contribution is 2.10. The number of carbonyl (C=O) groups is 1. The lowest BCUT2D eigenvalue weighted by Gasteiger charge is -2.03. The van der Waals surface area contributed by atoms with Crippen molar-refractivity contribution in [3.63, 3.8) is 0 Å². The summed E-state index contributed by atoms with van der Waals surface area (Å²) in [5.41, 5.74) is 6.04. The minimum atomic E-state index is -0.224. The molecule has 1 aromatic rings. The standard InChI is InChI=1S/C8H11N3O2/c1-5-8(13-2)10-4-6(11-5)7(12)3-9/h4H,3,9H2,1-2H3. The van der Waals surface area contributed by atoms with Crippen LogP contribution in [-0.4, -0.2) is 29.4 Å². The average molecular weight is 181 g/mol. The van der Waals surface area contributed by atoms with Crippen LogP contribution < -0.4 is 10.5 Å². The van der Waals surface area contributed by atoms with Crippen LogP contribution in [0.25, 0.3) is 0 Å². The van der Waals surface area contributed by atoms with Gasteiger partial charge in [-0.05, 0) is 6.92 Å². The number of methoxy groups -OCH3 is 1. The van der Waals surface area contributed by atoms with E-state index in [1.54, 1.807) is 6.92 Å². The maximum absolute atomic E-state index is 11.1. The summed E-state index contributed by atoms with van der Waals surface area (Å²) in [5, 5.41) is 0. The largest absolute Gasteiger partial charge is 0.480 e. The molecule has 0 aliphatic heterocycles. The lowest BCUT2D eigenvalue weighted by atomic mass is 10.3. The van der Waals surface area contributed by atoms with E-state index in [1.807, 2.05) is 0 Å². The Morgan fingerprint density at radius 3 is 2.85 bits per heavy atom. The van der Waals surface area contributed by atoms with Crippen LogP contribution in [0.2, 0.25) is 0 Å². The zero-order valence-electron chi connectivity index (χ0n) is 7.57. The Labute approximate surface area is 75.9 Å². The molecule has 0 aliphatic carbocycles. The van der Waals surface area contributed by atoms with E-state index in [1.165, 1.54) is 13.3 Å². The van der Waals surface area contributed by atoms with Crippen molar-refractivity contribution in [3.8, 4) is 5.88 Å². The second kappa shape index (κ2) is 3.95. The summed E-state index contributed by atoms with van der Waals surface area (Å²) < 4.78 is 4.90. The first-order chi connectivity index (χ1) is 6.19. The number of aryl methyl sites for hydroxylation is 1. The topological polar surface area (TPSA) is 78.1 Å². The number of aromatic nitrogens is 2. The summed E-state index contributed by atoms with van der Waals surface area (Å²) in [5.74, 6) is 0.201. The van der Waals surface area contributed by atoms with Gasteiger partial charge in [0.25, 0.3) is 0 Å². The maximum atomic E-state index is 11.1. The van der Waals surface area contributed by atoms with E-state index >= 15 is 0 Å². The molecule has 70 valence electrons. The monoisotopic (exact) mass is 181 g/mol. The third-order valence-corrected chi connectivity index (χ3v) is 1.57. The van der Waals surface area contributed by atoms with E-state index < -0.39 is 0 Å². The van der Waals surface area contributed by atoms with Crippen LogP contribution in [-0.2, 0) is 0 Å². The number of carbonyl (C=O) groups excluding carboxylic acids is 1. The van der Waals surface area contributed by atoms with E-state index in [9.17, 15) is 4.79 Å². The molecule has 0 bridgehead atoms. The zero-order valence-corrected chi connectivity index (χ0v) is 7.57. The van der Waals surface area contributed by atoms with Gasteiger partial charge in [0.1, 0.15) is 11.4 Å². The number of nitrogens with two attached hydrogens (primary N) is 1. The molecule has 0 saturated carbocycles. The van der Waals surface area contributed by atoms with Gasteiger partial charge in [-0.2, -0.15) is 0 Å². The van der Waals surface area contributed by atoms with Crippen molar-refractivity contribution in [1.82, 2.24) is 9.97 Å². The lowest BCUT2D eigenvalue weighted by molar-refractivity contribution is 0.0996. The maximum Gasteiger partial charge on any atom is 0.235 e. The third-order valence-electron chi connectivity index (χ3n) is 1.57. The first kappa shape index (κ1) is 9.60. The molecule has 0 fully saturated rings. The summed E-state index contributed by atoms with van der Waals surface area (Å²) in [4.78, 5) is 19.0. The minimum absolute atomic E-state index is 0.0551. The Morgan fingerprint density at radius 1 is 1.69 bits per heavy atom. The summed E-state index contributed by atoms with van der Waals surface area (Å²) in [6, 6.07) is 0. The minimum Gasteiger partial charge on any atom is -0.480 e. The second-order valence-corrected chi connectivity index (χ2v) is 2.48. The Kier molecular flexibility index (Phi) is 2.92. The number of hydrogen-bond acceptors (Lipinski definition) is 5. The Balaban J connectivity index is 3.02. The SMILES string of the molecule is COc1ncc(C(=O)CN)nc1C. The van der Waals surface area contributed by atoms with Crippen molar-refractivity contribution in [2.75, 3.05) is 13.7 Å². The summed E-state index contributed by atoms with van der Waals surface area (Å²) in [7, 11) is 1.50. The normalized spacial score (nSPS) is 9.77. The molecular formula is C8H11N3O2. The molecule has 0 unspecified atom stereocenters. The summed E-state index contributed by atoms with van der Waals surface area (Å²) >= 11 is 0. The predicted molar refractivity (Wildman–Crippen MR) is 46.7 cm³/mol. The molecule has 1 aromatic heterocycles. The lowest BCUT2D eigenvalue weighted by Crippen LogP contribution is -2.16. The van der Waals surface area contributed by atoms with Crippen LogP contribution in [0.4, 0.5) is 0 Å². The van der Waals surface area contributed by atoms with E-state index in [4.69, 9.17) is 10.5 Å². The molecule has 0 atom stereocenters. The van der Waals surface area contributed by atoms with Gasteiger partial charge in [-0.25, -0.2) is 9.97 Å². The molecule has 0 aliphatic rings. The van der Waals surface area contributed by atoms with Crippen molar-refractivity contribution in [3.05, 3.63) is 17.6 Å². The highest BCUT2D eigenvalue weighted by atomic mass is 16.5. The number of rotatable bonds is 3. The van der Waals surface area contributed by atoms with Crippen LogP contribution >= 0.6 is 0 Å². The van der Waals surface area contributed by atoms with Gasteiger partial charge in [0.2, 0.25) is 5.88 Å². The van der Waals surface area contributed by atoms with Crippen LogP contribution in [0.15, 0.2) is 6.20 Å². The first-order valence-corrected chi connectivity index (χ1v) is 3.80. The van der Waals surface area contributed by atoms with Crippen molar-refractivity contribution < 1.29 is 9.53 Å². The molecule has 0 radical (unpaired) electrons. The fraction of sp³-hybridized carbons (Fsp3) is 0.375. The Hall–Kier alpha value is -1.49.